The second-order valence-electron chi connectivity index (χ2n) is 4.97. The van der Waals surface area contributed by atoms with Crippen molar-refractivity contribution in [2.24, 2.45) is 5.92 Å². The summed E-state index contributed by atoms with van der Waals surface area (Å²) in [5.41, 5.74) is 0.539. The van der Waals surface area contributed by atoms with Gasteiger partial charge in [0.15, 0.2) is 11.7 Å². The standard InChI is InChI=1S/C17H12N2O4/c20-14(11-7-3-1-4-8-11)13-15(21)18-17(23)19(16(13)22)12-9-5-2-6-10-12/h1-10,13H,(H,18,21,23). The minimum Gasteiger partial charge on any atom is -0.293 e. The maximum absolute atomic E-state index is 12.6. The fraction of sp³-hybridized carbons (Fsp3) is 0.0588. The van der Waals surface area contributed by atoms with Crippen LogP contribution in [0.2, 0.25) is 0 Å². The summed E-state index contributed by atoms with van der Waals surface area (Å²) in [6.07, 6.45) is 0. The van der Waals surface area contributed by atoms with Crippen molar-refractivity contribution in [3.8, 4) is 0 Å². The Bertz CT molecular complexity index is 787. The molecule has 3 rings (SSSR count). The van der Waals surface area contributed by atoms with E-state index in [1.54, 1.807) is 48.5 Å². The smallest absolute Gasteiger partial charge is 0.293 e. The number of benzene rings is 2. The molecular weight excluding hydrogens is 296 g/mol. The highest BCUT2D eigenvalue weighted by Gasteiger charge is 2.45. The lowest BCUT2D eigenvalue weighted by Gasteiger charge is -2.29. The zero-order chi connectivity index (χ0) is 16.4. The fourth-order valence-electron chi connectivity index (χ4n) is 2.40. The predicted molar refractivity (Wildman–Crippen MR) is 81.7 cm³/mol. The Labute approximate surface area is 131 Å². The van der Waals surface area contributed by atoms with Crippen LogP contribution in [0.3, 0.4) is 0 Å². The zero-order valence-corrected chi connectivity index (χ0v) is 11.9. The lowest BCUT2D eigenvalue weighted by Crippen LogP contribution is -2.60. The van der Waals surface area contributed by atoms with E-state index in [4.69, 9.17) is 0 Å². The average molecular weight is 308 g/mol. The maximum Gasteiger partial charge on any atom is 0.335 e. The molecule has 4 amide bonds. The van der Waals surface area contributed by atoms with E-state index in [0.717, 1.165) is 4.90 Å². The van der Waals surface area contributed by atoms with Gasteiger partial charge in [-0.1, -0.05) is 48.5 Å². The van der Waals surface area contributed by atoms with Crippen LogP contribution in [0.15, 0.2) is 60.7 Å². The summed E-state index contributed by atoms with van der Waals surface area (Å²) >= 11 is 0. The van der Waals surface area contributed by atoms with Gasteiger partial charge in [-0.05, 0) is 12.1 Å². The largest absolute Gasteiger partial charge is 0.335 e. The van der Waals surface area contributed by atoms with Crippen LogP contribution in [0.1, 0.15) is 10.4 Å². The number of nitrogens with zero attached hydrogens (tertiary/aromatic N) is 1. The Morgan fingerprint density at radius 3 is 2.04 bits per heavy atom. The number of nitrogens with one attached hydrogen (secondary N) is 1. The highest BCUT2D eigenvalue weighted by atomic mass is 16.2. The van der Waals surface area contributed by atoms with Gasteiger partial charge in [0.25, 0.3) is 5.91 Å². The minimum absolute atomic E-state index is 0.239. The van der Waals surface area contributed by atoms with E-state index in [0.29, 0.717) is 5.69 Å². The molecule has 2 aromatic carbocycles. The molecule has 0 bridgehead atoms. The number of anilines is 1. The summed E-state index contributed by atoms with van der Waals surface area (Å²) in [4.78, 5) is 49.9. The van der Waals surface area contributed by atoms with Gasteiger partial charge in [0.1, 0.15) is 0 Å². The van der Waals surface area contributed by atoms with Crippen molar-refractivity contribution in [1.82, 2.24) is 5.32 Å². The first-order chi connectivity index (χ1) is 11.1. The molecule has 1 unspecified atom stereocenters. The first-order valence-electron chi connectivity index (χ1n) is 6.92. The molecule has 6 nitrogen and oxygen atoms in total. The lowest BCUT2D eigenvalue weighted by atomic mass is 9.94. The first kappa shape index (κ1) is 14.6. The molecule has 1 fully saturated rings. The first-order valence-corrected chi connectivity index (χ1v) is 6.92. The predicted octanol–water partition coefficient (Wildman–Crippen LogP) is 1.77. The Kier molecular flexibility index (Phi) is 3.72. The molecular formula is C17H12N2O4. The molecule has 1 atom stereocenters. The average Bonchev–Trinajstić information content (AvgIpc) is 2.56. The Hall–Kier alpha value is -3.28. The van der Waals surface area contributed by atoms with Gasteiger partial charge in [0.2, 0.25) is 5.91 Å². The summed E-state index contributed by atoms with van der Waals surface area (Å²) in [6, 6.07) is 15.3. The van der Waals surface area contributed by atoms with Crippen LogP contribution < -0.4 is 10.2 Å². The summed E-state index contributed by atoms with van der Waals surface area (Å²) in [5, 5.41) is 2.07. The monoisotopic (exact) mass is 308 g/mol. The van der Waals surface area contributed by atoms with Crippen LogP contribution in [-0.2, 0) is 9.59 Å². The number of hydrogen-bond acceptors (Lipinski definition) is 4. The third kappa shape index (κ3) is 2.62. The van der Waals surface area contributed by atoms with Gasteiger partial charge in [-0.15, -0.1) is 0 Å². The summed E-state index contributed by atoms with van der Waals surface area (Å²) < 4.78 is 0. The van der Waals surface area contributed by atoms with E-state index >= 15 is 0 Å². The van der Waals surface area contributed by atoms with E-state index < -0.39 is 29.5 Å². The number of carbonyl (C=O) groups excluding carboxylic acids is 4. The van der Waals surface area contributed by atoms with Gasteiger partial charge >= 0.3 is 6.03 Å². The highest BCUT2D eigenvalue weighted by molar-refractivity contribution is 6.36. The van der Waals surface area contributed by atoms with Crippen LogP contribution in [0.25, 0.3) is 0 Å². The number of Topliss-reactive ketones (excluding diaryl/α,β-unsaturated/α-hetero) is 1. The van der Waals surface area contributed by atoms with Crippen LogP contribution in [-0.4, -0.2) is 23.6 Å². The molecule has 0 radical (unpaired) electrons. The van der Waals surface area contributed by atoms with E-state index in [9.17, 15) is 19.2 Å². The molecule has 114 valence electrons. The number of urea groups is 1. The van der Waals surface area contributed by atoms with Gasteiger partial charge in [0.05, 0.1) is 5.69 Å². The lowest BCUT2D eigenvalue weighted by molar-refractivity contribution is -0.132. The topological polar surface area (TPSA) is 83.6 Å². The van der Waals surface area contributed by atoms with E-state index in [1.165, 1.54) is 12.1 Å². The van der Waals surface area contributed by atoms with Gasteiger partial charge in [-0.25, -0.2) is 9.69 Å². The molecule has 1 N–H and O–H groups in total. The van der Waals surface area contributed by atoms with Gasteiger partial charge in [0, 0.05) is 5.56 Å². The normalized spacial score (nSPS) is 17.8. The second-order valence-corrected chi connectivity index (χ2v) is 4.97. The van der Waals surface area contributed by atoms with E-state index in [2.05, 4.69) is 5.32 Å². The van der Waals surface area contributed by atoms with Gasteiger partial charge in [-0.3, -0.25) is 19.7 Å². The van der Waals surface area contributed by atoms with Gasteiger partial charge in [-0.2, -0.15) is 0 Å². The number of para-hydroxylation sites is 1. The van der Waals surface area contributed by atoms with Crippen molar-refractivity contribution in [1.29, 1.82) is 0 Å². The summed E-state index contributed by atoms with van der Waals surface area (Å²) in [6.45, 7) is 0. The van der Waals surface area contributed by atoms with Crippen LogP contribution in [0.5, 0.6) is 0 Å². The molecule has 0 spiro atoms. The zero-order valence-electron chi connectivity index (χ0n) is 11.9. The van der Waals surface area contributed by atoms with Crippen molar-refractivity contribution in [2.45, 2.75) is 0 Å². The third-order valence-electron chi connectivity index (χ3n) is 3.50. The Balaban J connectivity index is 1.98. The molecule has 0 aromatic heterocycles. The van der Waals surface area contributed by atoms with Crippen LogP contribution >= 0.6 is 0 Å². The number of rotatable bonds is 3. The number of amides is 4. The van der Waals surface area contributed by atoms with Crippen molar-refractivity contribution >= 4 is 29.3 Å². The molecule has 0 aliphatic carbocycles. The molecule has 0 saturated carbocycles. The minimum atomic E-state index is -1.57. The Morgan fingerprint density at radius 1 is 0.870 bits per heavy atom. The van der Waals surface area contributed by atoms with Crippen molar-refractivity contribution in [3.05, 3.63) is 66.2 Å². The number of ketones is 1. The van der Waals surface area contributed by atoms with Gasteiger partial charge < -0.3 is 0 Å². The number of carbonyl (C=O) groups is 4. The summed E-state index contributed by atoms with van der Waals surface area (Å²) in [5.74, 6) is -3.96. The molecule has 6 heteroatoms. The van der Waals surface area contributed by atoms with Crippen molar-refractivity contribution in [3.63, 3.8) is 0 Å². The molecule has 23 heavy (non-hydrogen) atoms. The highest BCUT2D eigenvalue weighted by Crippen LogP contribution is 2.22. The SMILES string of the molecule is O=C1NC(=O)N(c2ccccc2)C(=O)C1C(=O)c1ccccc1. The molecule has 2 aromatic rings. The maximum atomic E-state index is 12.6. The molecule has 1 heterocycles. The quantitative estimate of drug-likeness (QED) is 0.692. The van der Waals surface area contributed by atoms with Crippen LogP contribution in [0, 0.1) is 5.92 Å². The van der Waals surface area contributed by atoms with E-state index in [1.807, 2.05) is 0 Å². The Morgan fingerprint density at radius 2 is 1.43 bits per heavy atom. The third-order valence-corrected chi connectivity index (χ3v) is 3.50. The van der Waals surface area contributed by atoms with Crippen LogP contribution in [0.4, 0.5) is 10.5 Å². The second kappa shape index (κ2) is 5.84. The summed E-state index contributed by atoms with van der Waals surface area (Å²) in [7, 11) is 0. The molecule has 1 aliphatic heterocycles. The molecule has 1 aliphatic rings. The number of imide groups is 2. The molecule has 1 saturated heterocycles. The fourth-order valence-corrected chi connectivity index (χ4v) is 2.40. The van der Waals surface area contributed by atoms with E-state index in [-0.39, 0.29) is 5.56 Å². The van der Waals surface area contributed by atoms with Crippen molar-refractivity contribution < 1.29 is 19.2 Å². The van der Waals surface area contributed by atoms with Crippen molar-refractivity contribution in [2.75, 3.05) is 4.90 Å². The number of hydrogen-bond donors (Lipinski definition) is 1. The number of barbiturate groups is 1.